The number of piperazine rings is 1. The summed E-state index contributed by atoms with van der Waals surface area (Å²) in [6, 6.07) is 1.64. The summed E-state index contributed by atoms with van der Waals surface area (Å²) in [5.41, 5.74) is 5.63. The van der Waals surface area contributed by atoms with Gasteiger partial charge in [0, 0.05) is 32.4 Å². The Morgan fingerprint density at radius 3 is 2.47 bits per heavy atom. The number of nitrogen functional groups attached to an aromatic ring is 1. The molecule has 19 heavy (non-hydrogen) atoms. The average molecular weight is 283 g/mol. The van der Waals surface area contributed by atoms with Crippen molar-refractivity contribution >= 4 is 21.8 Å². The van der Waals surface area contributed by atoms with Crippen molar-refractivity contribution in [2.45, 2.75) is 18.1 Å². The van der Waals surface area contributed by atoms with Crippen molar-refractivity contribution in [3.05, 3.63) is 12.3 Å². The Kier molecular flexibility index (Phi) is 3.06. The van der Waals surface area contributed by atoms with E-state index in [4.69, 9.17) is 5.73 Å². The molecular weight excluding hydrogens is 266 g/mol. The number of sulfonamides is 1. The van der Waals surface area contributed by atoms with Crippen LogP contribution in [0.3, 0.4) is 0 Å². The summed E-state index contributed by atoms with van der Waals surface area (Å²) >= 11 is 0. The van der Waals surface area contributed by atoms with Gasteiger partial charge in [-0.25, -0.2) is 13.4 Å². The quantitative estimate of drug-likeness (QED) is 0.817. The highest BCUT2D eigenvalue weighted by atomic mass is 32.2. The third-order valence-corrected chi connectivity index (χ3v) is 5.89. The van der Waals surface area contributed by atoms with Crippen LogP contribution in [0.25, 0.3) is 0 Å². The van der Waals surface area contributed by atoms with Crippen molar-refractivity contribution in [1.29, 1.82) is 0 Å². The second-order valence-electron chi connectivity index (χ2n) is 4.91. The third-order valence-electron chi connectivity index (χ3n) is 3.49. The zero-order chi connectivity index (χ0) is 13.5. The van der Waals surface area contributed by atoms with Gasteiger partial charge in [-0.15, -0.1) is 0 Å². The topological polar surface area (TPSA) is 92.4 Å². The first-order valence-electron chi connectivity index (χ1n) is 6.40. The van der Waals surface area contributed by atoms with Gasteiger partial charge in [0.15, 0.2) is 0 Å². The van der Waals surface area contributed by atoms with Crippen LogP contribution >= 0.6 is 0 Å². The summed E-state index contributed by atoms with van der Waals surface area (Å²) in [6.07, 6.45) is 3.23. The molecule has 8 heteroatoms. The summed E-state index contributed by atoms with van der Waals surface area (Å²) in [6.45, 7) is 2.21. The molecule has 104 valence electrons. The number of nitrogens with zero attached hydrogens (tertiary/aromatic N) is 4. The Balaban J connectivity index is 1.66. The van der Waals surface area contributed by atoms with E-state index in [0.717, 1.165) is 12.8 Å². The molecule has 0 atom stereocenters. The summed E-state index contributed by atoms with van der Waals surface area (Å²) in [5, 5.41) is -0.136. The van der Waals surface area contributed by atoms with Gasteiger partial charge in [-0.05, 0) is 18.9 Å². The maximum absolute atomic E-state index is 12.1. The summed E-state index contributed by atoms with van der Waals surface area (Å²) in [4.78, 5) is 10.3. The van der Waals surface area contributed by atoms with Crippen molar-refractivity contribution in [2.75, 3.05) is 36.8 Å². The second-order valence-corrected chi connectivity index (χ2v) is 7.12. The highest BCUT2D eigenvalue weighted by molar-refractivity contribution is 7.90. The molecule has 2 N–H and O–H groups in total. The first-order chi connectivity index (χ1) is 9.07. The lowest BCUT2D eigenvalue weighted by atomic mass is 10.4. The van der Waals surface area contributed by atoms with Crippen LogP contribution in [0.5, 0.6) is 0 Å². The second kappa shape index (κ2) is 4.61. The van der Waals surface area contributed by atoms with E-state index < -0.39 is 10.0 Å². The van der Waals surface area contributed by atoms with E-state index in [1.54, 1.807) is 16.6 Å². The van der Waals surface area contributed by atoms with E-state index in [2.05, 4.69) is 9.97 Å². The number of rotatable bonds is 3. The molecule has 0 amide bonds. The molecule has 3 rings (SSSR count). The highest BCUT2D eigenvalue weighted by Crippen LogP contribution is 2.31. The molecule has 0 unspecified atom stereocenters. The van der Waals surface area contributed by atoms with Crippen molar-refractivity contribution < 1.29 is 8.42 Å². The van der Waals surface area contributed by atoms with Crippen LogP contribution in [0.15, 0.2) is 12.3 Å². The van der Waals surface area contributed by atoms with Crippen LogP contribution in [0.2, 0.25) is 0 Å². The van der Waals surface area contributed by atoms with Crippen LogP contribution in [0.4, 0.5) is 11.8 Å². The molecule has 1 aromatic heterocycles. The van der Waals surface area contributed by atoms with Gasteiger partial charge in [-0.3, -0.25) is 0 Å². The summed E-state index contributed by atoms with van der Waals surface area (Å²) in [5.74, 6) is 1.00. The molecule has 1 saturated carbocycles. The Morgan fingerprint density at radius 1 is 1.21 bits per heavy atom. The van der Waals surface area contributed by atoms with Crippen molar-refractivity contribution in [3.63, 3.8) is 0 Å². The van der Waals surface area contributed by atoms with Gasteiger partial charge in [-0.2, -0.15) is 9.29 Å². The predicted molar refractivity (Wildman–Crippen MR) is 72.2 cm³/mol. The van der Waals surface area contributed by atoms with Gasteiger partial charge in [0.05, 0.1) is 5.25 Å². The van der Waals surface area contributed by atoms with Crippen LogP contribution in [-0.4, -0.2) is 54.1 Å². The molecule has 1 aliphatic heterocycles. The minimum Gasteiger partial charge on any atom is -0.384 e. The van der Waals surface area contributed by atoms with Crippen LogP contribution in [0.1, 0.15) is 12.8 Å². The Bertz CT molecular complexity index is 564. The largest absolute Gasteiger partial charge is 0.384 e. The van der Waals surface area contributed by atoms with E-state index in [-0.39, 0.29) is 5.25 Å². The number of hydrogen-bond acceptors (Lipinski definition) is 6. The fraction of sp³-hybridized carbons (Fsp3) is 0.636. The molecule has 7 nitrogen and oxygen atoms in total. The van der Waals surface area contributed by atoms with E-state index in [1.165, 1.54) is 0 Å². The molecule has 0 aromatic carbocycles. The number of nitrogens with two attached hydrogens (primary N) is 1. The molecule has 0 radical (unpaired) electrons. The molecule has 1 aliphatic carbocycles. The Labute approximate surface area is 112 Å². The fourth-order valence-electron chi connectivity index (χ4n) is 2.23. The Hall–Kier alpha value is -1.41. The normalized spacial score (nSPS) is 21.6. The van der Waals surface area contributed by atoms with Crippen LogP contribution in [0, 0.1) is 0 Å². The van der Waals surface area contributed by atoms with Crippen molar-refractivity contribution in [2.24, 2.45) is 0 Å². The highest BCUT2D eigenvalue weighted by Gasteiger charge is 2.41. The molecule has 1 saturated heterocycles. The maximum atomic E-state index is 12.1. The molecule has 2 heterocycles. The first-order valence-corrected chi connectivity index (χ1v) is 7.90. The lowest BCUT2D eigenvalue weighted by Crippen LogP contribution is -2.50. The third kappa shape index (κ3) is 2.50. The monoisotopic (exact) mass is 283 g/mol. The average Bonchev–Trinajstić information content (AvgIpc) is 3.23. The summed E-state index contributed by atoms with van der Waals surface area (Å²) < 4.78 is 25.8. The summed E-state index contributed by atoms with van der Waals surface area (Å²) in [7, 11) is -3.06. The minimum atomic E-state index is -3.06. The standard InChI is InChI=1S/C11H17N5O2S/c12-10-3-4-13-11(14-10)15-5-7-16(8-6-15)19(17,18)9-1-2-9/h3-4,9H,1-2,5-8H2,(H2,12,13,14). The molecule has 2 fully saturated rings. The zero-order valence-electron chi connectivity index (χ0n) is 10.6. The zero-order valence-corrected chi connectivity index (χ0v) is 11.4. The lowest BCUT2D eigenvalue weighted by molar-refractivity contribution is 0.382. The van der Waals surface area contributed by atoms with E-state index >= 15 is 0 Å². The maximum Gasteiger partial charge on any atom is 0.227 e. The van der Waals surface area contributed by atoms with Gasteiger partial charge in [0.25, 0.3) is 0 Å². The van der Waals surface area contributed by atoms with Gasteiger partial charge < -0.3 is 10.6 Å². The predicted octanol–water partition coefficient (Wildman–Crippen LogP) is -0.327. The van der Waals surface area contributed by atoms with Crippen molar-refractivity contribution in [3.8, 4) is 0 Å². The smallest absolute Gasteiger partial charge is 0.227 e. The molecule has 1 aromatic rings. The van der Waals surface area contributed by atoms with Crippen LogP contribution in [-0.2, 0) is 10.0 Å². The van der Waals surface area contributed by atoms with Gasteiger partial charge in [0.2, 0.25) is 16.0 Å². The van der Waals surface area contributed by atoms with E-state index in [0.29, 0.717) is 37.9 Å². The first kappa shape index (κ1) is 12.6. The number of hydrogen-bond donors (Lipinski definition) is 1. The molecule has 2 aliphatic rings. The molecular formula is C11H17N5O2S. The molecule has 0 spiro atoms. The Morgan fingerprint density at radius 2 is 1.89 bits per heavy atom. The van der Waals surface area contributed by atoms with E-state index in [1.807, 2.05) is 4.90 Å². The fourth-order valence-corrected chi connectivity index (χ4v) is 4.06. The SMILES string of the molecule is Nc1ccnc(N2CCN(S(=O)(=O)C3CC3)CC2)n1. The van der Waals surface area contributed by atoms with Crippen molar-refractivity contribution in [1.82, 2.24) is 14.3 Å². The lowest BCUT2D eigenvalue weighted by Gasteiger charge is -2.34. The number of aromatic nitrogens is 2. The minimum absolute atomic E-state index is 0.136. The molecule has 0 bridgehead atoms. The van der Waals surface area contributed by atoms with Gasteiger partial charge in [-0.1, -0.05) is 0 Å². The van der Waals surface area contributed by atoms with E-state index in [9.17, 15) is 8.42 Å². The van der Waals surface area contributed by atoms with Gasteiger partial charge in [0.1, 0.15) is 5.82 Å². The van der Waals surface area contributed by atoms with Crippen LogP contribution < -0.4 is 10.6 Å². The number of anilines is 2. The van der Waals surface area contributed by atoms with Gasteiger partial charge >= 0.3 is 0 Å².